The third-order valence-corrected chi connectivity index (χ3v) is 8.24. The van der Waals surface area contributed by atoms with E-state index >= 15 is 0 Å². The highest BCUT2D eigenvalue weighted by atomic mass is 28.4. The van der Waals surface area contributed by atoms with Gasteiger partial charge in [-0.25, -0.2) is 0 Å². The van der Waals surface area contributed by atoms with Crippen molar-refractivity contribution in [1.82, 2.24) is 0 Å². The molecular formula is C18H28O2Si. The molecule has 0 aromatic carbocycles. The normalized spacial score (nSPS) is 13.3. The van der Waals surface area contributed by atoms with Crippen molar-refractivity contribution < 1.29 is 8.85 Å². The first-order valence-electron chi connectivity index (χ1n) is 7.13. The van der Waals surface area contributed by atoms with Crippen LogP contribution in [0.15, 0.2) is 0 Å². The molecule has 0 aliphatic rings. The Balaban J connectivity index is 5.18. The van der Waals surface area contributed by atoms with Crippen LogP contribution in [-0.2, 0) is 8.85 Å². The highest BCUT2D eigenvalue weighted by molar-refractivity contribution is 6.67. The molecule has 0 saturated heterocycles. The second-order valence-electron chi connectivity index (χ2n) is 6.84. The smallest absolute Gasteiger partial charge is 0.337 e. The molecule has 0 heterocycles. The predicted octanol–water partition coefficient (Wildman–Crippen LogP) is 3.82. The van der Waals surface area contributed by atoms with E-state index in [1.165, 1.54) is 0 Å². The first kappa shape index (κ1) is 19.8. The Morgan fingerprint density at radius 3 is 2.00 bits per heavy atom. The predicted molar refractivity (Wildman–Crippen MR) is 91.6 cm³/mol. The van der Waals surface area contributed by atoms with E-state index in [9.17, 15) is 0 Å². The highest BCUT2D eigenvalue weighted by Crippen LogP contribution is 2.46. The first-order chi connectivity index (χ1) is 9.54. The monoisotopic (exact) mass is 304 g/mol. The molecule has 21 heavy (non-hydrogen) atoms. The average molecular weight is 305 g/mol. The molecule has 0 amide bonds. The van der Waals surface area contributed by atoms with Crippen molar-refractivity contribution >= 4 is 8.56 Å². The van der Waals surface area contributed by atoms with Crippen LogP contribution in [0.5, 0.6) is 0 Å². The Morgan fingerprint density at radius 2 is 1.57 bits per heavy atom. The maximum absolute atomic E-state index is 5.70. The topological polar surface area (TPSA) is 18.5 Å². The summed E-state index contributed by atoms with van der Waals surface area (Å²) in [5, 5.41) is 0. The zero-order valence-corrected chi connectivity index (χ0v) is 15.7. The van der Waals surface area contributed by atoms with Crippen molar-refractivity contribution in [3.63, 3.8) is 0 Å². The van der Waals surface area contributed by atoms with E-state index in [1.54, 1.807) is 14.2 Å². The molecule has 1 atom stereocenters. The quantitative estimate of drug-likeness (QED) is 0.548. The summed E-state index contributed by atoms with van der Waals surface area (Å²) in [7, 11) is 1.29. The third kappa shape index (κ3) is 5.99. The van der Waals surface area contributed by atoms with Gasteiger partial charge in [0.15, 0.2) is 0 Å². The standard InChI is InChI=1S/C18H28O2Si/c1-10-11-12-13-14-17(3,4)15-18(5,6)16(2)21(9,19-7)20-8/h1,16H,15H2,2-9H3. The van der Waals surface area contributed by atoms with Crippen LogP contribution in [0, 0.1) is 46.9 Å². The molecular weight excluding hydrogens is 276 g/mol. The Kier molecular flexibility index (Phi) is 7.28. The van der Waals surface area contributed by atoms with Gasteiger partial charge in [-0.05, 0) is 55.9 Å². The van der Waals surface area contributed by atoms with Crippen molar-refractivity contribution in [3.8, 4) is 36.0 Å². The van der Waals surface area contributed by atoms with Crippen LogP contribution in [0.3, 0.4) is 0 Å². The molecule has 0 aliphatic heterocycles. The Labute approximate surface area is 132 Å². The van der Waals surface area contributed by atoms with E-state index in [2.05, 4.69) is 70.8 Å². The zero-order valence-electron chi connectivity index (χ0n) is 14.7. The van der Waals surface area contributed by atoms with E-state index in [4.69, 9.17) is 15.3 Å². The van der Waals surface area contributed by atoms with Gasteiger partial charge >= 0.3 is 8.56 Å². The van der Waals surface area contributed by atoms with E-state index < -0.39 is 8.56 Å². The number of hydrogen-bond donors (Lipinski definition) is 0. The van der Waals surface area contributed by atoms with Crippen LogP contribution in [0.1, 0.15) is 41.0 Å². The minimum absolute atomic E-state index is 0.0463. The lowest BCUT2D eigenvalue weighted by molar-refractivity contribution is 0.170. The van der Waals surface area contributed by atoms with Gasteiger partial charge in [-0.1, -0.05) is 26.7 Å². The molecule has 0 radical (unpaired) electrons. The molecule has 0 aromatic rings. The third-order valence-electron chi connectivity index (χ3n) is 4.27. The molecule has 0 saturated carbocycles. The Hall–Kier alpha value is -1.18. The molecule has 0 N–H and O–H groups in total. The van der Waals surface area contributed by atoms with Gasteiger partial charge in [0.05, 0.1) is 0 Å². The van der Waals surface area contributed by atoms with Gasteiger partial charge in [-0.15, -0.1) is 6.42 Å². The van der Waals surface area contributed by atoms with Crippen molar-refractivity contribution in [2.24, 2.45) is 10.8 Å². The van der Waals surface area contributed by atoms with Crippen LogP contribution < -0.4 is 0 Å². The van der Waals surface area contributed by atoms with E-state index in [0.717, 1.165) is 6.42 Å². The highest BCUT2D eigenvalue weighted by Gasteiger charge is 2.46. The summed E-state index contributed by atoms with van der Waals surface area (Å²) < 4.78 is 11.4. The van der Waals surface area contributed by atoms with Crippen molar-refractivity contribution in [3.05, 3.63) is 0 Å². The average Bonchev–Trinajstić information content (AvgIpc) is 2.40. The lowest BCUT2D eigenvalue weighted by Crippen LogP contribution is -2.47. The van der Waals surface area contributed by atoms with Gasteiger partial charge in [0, 0.05) is 25.2 Å². The lowest BCUT2D eigenvalue weighted by atomic mass is 9.74. The van der Waals surface area contributed by atoms with Crippen molar-refractivity contribution in [2.45, 2.75) is 53.1 Å². The van der Waals surface area contributed by atoms with Crippen LogP contribution in [0.2, 0.25) is 12.1 Å². The van der Waals surface area contributed by atoms with Crippen LogP contribution in [0.4, 0.5) is 0 Å². The summed E-state index contributed by atoms with van der Waals surface area (Å²) in [6.45, 7) is 13.1. The minimum Gasteiger partial charge on any atom is -0.398 e. The molecule has 2 nitrogen and oxygen atoms in total. The summed E-state index contributed by atoms with van der Waals surface area (Å²) in [6.07, 6.45) is 6.02. The molecule has 0 aromatic heterocycles. The maximum atomic E-state index is 5.70. The molecule has 0 spiro atoms. The van der Waals surface area contributed by atoms with Gasteiger partial charge < -0.3 is 8.85 Å². The molecule has 3 heteroatoms. The van der Waals surface area contributed by atoms with Gasteiger partial charge in [-0.3, -0.25) is 0 Å². The molecule has 0 fully saturated rings. The Morgan fingerprint density at radius 1 is 1.05 bits per heavy atom. The minimum atomic E-state index is -2.18. The summed E-state index contributed by atoms with van der Waals surface area (Å²) >= 11 is 0. The Bertz CT molecular complexity index is 499. The maximum Gasteiger partial charge on any atom is 0.337 e. The molecule has 0 bridgehead atoms. The summed E-state index contributed by atoms with van der Waals surface area (Å²) in [6, 6.07) is 0. The summed E-state index contributed by atoms with van der Waals surface area (Å²) in [4.78, 5) is 0. The van der Waals surface area contributed by atoms with Gasteiger partial charge in [0.2, 0.25) is 0 Å². The molecule has 0 aliphatic carbocycles. The zero-order chi connectivity index (χ0) is 16.7. The second kappa shape index (κ2) is 7.72. The van der Waals surface area contributed by atoms with E-state index in [0.29, 0.717) is 5.54 Å². The SMILES string of the molecule is C#CC#CC#CC(C)(C)CC(C)(C)C(C)[Si](C)(OC)OC. The molecule has 116 valence electrons. The van der Waals surface area contributed by atoms with Gasteiger partial charge in [-0.2, -0.15) is 0 Å². The fourth-order valence-electron chi connectivity index (χ4n) is 2.75. The van der Waals surface area contributed by atoms with Gasteiger partial charge in [0.25, 0.3) is 0 Å². The lowest BCUT2D eigenvalue weighted by Gasteiger charge is -2.43. The summed E-state index contributed by atoms with van der Waals surface area (Å²) in [5.41, 5.74) is 0.237. The van der Waals surface area contributed by atoms with E-state index in [1.807, 2.05) is 0 Å². The van der Waals surface area contributed by atoms with E-state index in [-0.39, 0.29) is 10.8 Å². The van der Waals surface area contributed by atoms with Gasteiger partial charge in [0.1, 0.15) is 0 Å². The van der Waals surface area contributed by atoms with Crippen molar-refractivity contribution in [2.75, 3.05) is 14.2 Å². The number of hydrogen-bond acceptors (Lipinski definition) is 2. The van der Waals surface area contributed by atoms with Crippen molar-refractivity contribution in [1.29, 1.82) is 0 Å². The first-order valence-corrected chi connectivity index (χ1v) is 9.52. The number of rotatable bonds is 6. The van der Waals surface area contributed by atoms with Crippen LogP contribution in [0.25, 0.3) is 0 Å². The fraction of sp³-hybridized carbons (Fsp3) is 0.667. The fourth-order valence-corrected chi connectivity index (χ4v) is 5.15. The molecule has 1 unspecified atom stereocenters. The number of terminal acetylenes is 1. The largest absolute Gasteiger partial charge is 0.398 e. The van der Waals surface area contributed by atoms with Crippen LogP contribution >= 0.6 is 0 Å². The van der Waals surface area contributed by atoms with Crippen LogP contribution in [-0.4, -0.2) is 22.8 Å². The second-order valence-corrected chi connectivity index (χ2v) is 10.6. The molecule has 0 rings (SSSR count). The summed E-state index contributed by atoms with van der Waals surface area (Å²) in [5.74, 6) is 13.5.